The average molecular weight is 274 g/mol. The maximum atomic E-state index is 11.8. The first-order valence-electron chi connectivity index (χ1n) is 5.90. The van der Waals surface area contributed by atoms with Crippen LogP contribution in [0.3, 0.4) is 0 Å². The molecule has 0 aromatic rings. The fourth-order valence-electron chi connectivity index (χ4n) is 1.63. The van der Waals surface area contributed by atoms with Gasteiger partial charge in [0, 0.05) is 13.1 Å². The minimum Gasteiger partial charge on any atom is -0.480 e. The normalized spacial score (nSPS) is 20.5. The molecule has 0 spiro atoms. The molecule has 1 aliphatic heterocycles. The van der Waals surface area contributed by atoms with Crippen LogP contribution in [0.25, 0.3) is 0 Å². The van der Waals surface area contributed by atoms with Crippen LogP contribution in [0.1, 0.15) is 13.3 Å². The van der Waals surface area contributed by atoms with E-state index >= 15 is 0 Å². The standard InChI is InChI=1S/C11H18N2O6/c1-7(10(15)16)12-11(17)13-3-4-19-8(6-13)5-9(14)18-2/h7-8H,3-6H2,1-2H3,(H,12,17)(H,15,16)/t7-,8?/m1/s1. The molecule has 0 bridgehead atoms. The van der Waals surface area contributed by atoms with Crippen molar-refractivity contribution in [3.63, 3.8) is 0 Å². The molecule has 1 saturated heterocycles. The fraction of sp³-hybridized carbons (Fsp3) is 0.727. The lowest BCUT2D eigenvalue weighted by molar-refractivity contribution is -0.145. The monoisotopic (exact) mass is 274 g/mol. The second-order valence-electron chi connectivity index (χ2n) is 4.23. The van der Waals surface area contributed by atoms with E-state index in [1.165, 1.54) is 18.9 Å². The number of carboxylic acid groups (broad SMARTS) is 1. The predicted octanol–water partition coefficient (Wildman–Crippen LogP) is -0.567. The highest BCUT2D eigenvalue weighted by Crippen LogP contribution is 2.09. The number of amides is 2. The van der Waals surface area contributed by atoms with Crippen LogP contribution < -0.4 is 5.32 Å². The van der Waals surface area contributed by atoms with Crippen LogP contribution in [0.5, 0.6) is 0 Å². The van der Waals surface area contributed by atoms with E-state index in [1.807, 2.05) is 0 Å². The summed E-state index contributed by atoms with van der Waals surface area (Å²) in [4.78, 5) is 35.0. The quantitative estimate of drug-likeness (QED) is 0.665. The number of hydrogen-bond donors (Lipinski definition) is 2. The predicted molar refractivity (Wildman–Crippen MR) is 63.6 cm³/mol. The number of nitrogens with zero attached hydrogens (tertiary/aromatic N) is 1. The highest BCUT2D eigenvalue weighted by molar-refractivity contribution is 5.82. The van der Waals surface area contributed by atoms with Crippen LogP contribution in [-0.2, 0) is 19.1 Å². The van der Waals surface area contributed by atoms with Crippen molar-refractivity contribution in [3.05, 3.63) is 0 Å². The molecule has 1 aliphatic rings. The summed E-state index contributed by atoms with van der Waals surface area (Å²) in [5, 5.41) is 11.1. The van der Waals surface area contributed by atoms with Crippen molar-refractivity contribution in [2.75, 3.05) is 26.8 Å². The highest BCUT2D eigenvalue weighted by Gasteiger charge is 2.27. The molecular formula is C11H18N2O6. The van der Waals surface area contributed by atoms with E-state index in [0.717, 1.165) is 0 Å². The maximum absolute atomic E-state index is 11.8. The number of urea groups is 1. The molecular weight excluding hydrogens is 256 g/mol. The number of carbonyl (C=O) groups excluding carboxylic acids is 2. The van der Waals surface area contributed by atoms with Gasteiger partial charge in [0.05, 0.1) is 26.2 Å². The molecule has 19 heavy (non-hydrogen) atoms. The van der Waals surface area contributed by atoms with Crippen LogP contribution in [-0.4, -0.2) is 66.9 Å². The molecule has 0 radical (unpaired) electrons. The molecule has 1 fully saturated rings. The minimum absolute atomic E-state index is 0.0643. The molecule has 1 unspecified atom stereocenters. The van der Waals surface area contributed by atoms with E-state index in [9.17, 15) is 14.4 Å². The lowest BCUT2D eigenvalue weighted by atomic mass is 10.2. The molecule has 2 N–H and O–H groups in total. The molecule has 0 aromatic heterocycles. The van der Waals surface area contributed by atoms with Gasteiger partial charge in [-0.15, -0.1) is 0 Å². The third-order valence-corrected chi connectivity index (χ3v) is 2.76. The van der Waals surface area contributed by atoms with E-state index in [4.69, 9.17) is 9.84 Å². The molecule has 0 aliphatic carbocycles. The molecule has 2 atom stereocenters. The number of carbonyl (C=O) groups is 3. The van der Waals surface area contributed by atoms with Crippen molar-refractivity contribution in [3.8, 4) is 0 Å². The Hall–Kier alpha value is -1.83. The van der Waals surface area contributed by atoms with Gasteiger partial charge in [-0.05, 0) is 6.92 Å². The summed E-state index contributed by atoms with van der Waals surface area (Å²) >= 11 is 0. The largest absolute Gasteiger partial charge is 0.480 e. The van der Waals surface area contributed by atoms with Gasteiger partial charge in [-0.25, -0.2) is 4.79 Å². The van der Waals surface area contributed by atoms with E-state index in [0.29, 0.717) is 13.2 Å². The SMILES string of the molecule is COC(=O)CC1CN(C(=O)N[C@H](C)C(=O)O)CCO1. The van der Waals surface area contributed by atoms with Crippen molar-refractivity contribution in [1.82, 2.24) is 10.2 Å². The van der Waals surface area contributed by atoms with Gasteiger partial charge in [0.2, 0.25) is 0 Å². The molecule has 108 valence electrons. The number of ether oxygens (including phenoxy) is 2. The lowest BCUT2D eigenvalue weighted by Crippen LogP contribution is -2.53. The molecule has 1 rings (SSSR count). The van der Waals surface area contributed by atoms with E-state index in [2.05, 4.69) is 10.1 Å². The molecule has 8 nitrogen and oxygen atoms in total. The van der Waals surface area contributed by atoms with Gasteiger partial charge in [0.15, 0.2) is 0 Å². The summed E-state index contributed by atoms with van der Waals surface area (Å²) < 4.78 is 9.87. The van der Waals surface area contributed by atoms with Crippen molar-refractivity contribution in [2.45, 2.75) is 25.5 Å². The Labute approximate surface area is 110 Å². The van der Waals surface area contributed by atoms with Crippen molar-refractivity contribution >= 4 is 18.0 Å². The highest BCUT2D eigenvalue weighted by atomic mass is 16.5. The Morgan fingerprint density at radius 2 is 2.21 bits per heavy atom. The molecule has 2 amide bonds. The van der Waals surface area contributed by atoms with Crippen LogP contribution >= 0.6 is 0 Å². The number of morpholine rings is 1. The number of nitrogens with one attached hydrogen (secondary N) is 1. The summed E-state index contributed by atoms with van der Waals surface area (Å²) in [6.07, 6.45) is -0.360. The average Bonchev–Trinajstić information content (AvgIpc) is 2.38. The minimum atomic E-state index is -1.10. The number of rotatable bonds is 4. The van der Waals surface area contributed by atoms with Gasteiger partial charge < -0.3 is 24.8 Å². The number of methoxy groups -OCH3 is 1. The van der Waals surface area contributed by atoms with Crippen LogP contribution in [0, 0.1) is 0 Å². The summed E-state index contributed by atoms with van der Waals surface area (Å²) in [7, 11) is 1.28. The number of esters is 1. The Morgan fingerprint density at radius 1 is 1.53 bits per heavy atom. The Morgan fingerprint density at radius 3 is 2.79 bits per heavy atom. The third-order valence-electron chi connectivity index (χ3n) is 2.76. The van der Waals surface area contributed by atoms with E-state index in [1.54, 1.807) is 0 Å². The van der Waals surface area contributed by atoms with Gasteiger partial charge in [0.25, 0.3) is 0 Å². The Kier molecular flexibility index (Phi) is 5.56. The topological polar surface area (TPSA) is 105 Å². The first kappa shape index (κ1) is 15.2. The number of hydrogen-bond acceptors (Lipinski definition) is 5. The summed E-state index contributed by atoms with van der Waals surface area (Å²) in [5.74, 6) is -1.51. The molecule has 8 heteroatoms. The Balaban J connectivity index is 2.47. The molecule has 0 saturated carbocycles. The zero-order valence-electron chi connectivity index (χ0n) is 10.9. The van der Waals surface area contributed by atoms with Gasteiger partial charge in [0.1, 0.15) is 6.04 Å². The number of carboxylic acids is 1. The lowest BCUT2D eigenvalue weighted by Gasteiger charge is -2.32. The van der Waals surface area contributed by atoms with Gasteiger partial charge in [-0.3, -0.25) is 9.59 Å². The van der Waals surface area contributed by atoms with Crippen LogP contribution in [0.2, 0.25) is 0 Å². The van der Waals surface area contributed by atoms with Crippen LogP contribution in [0.15, 0.2) is 0 Å². The molecule has 0 aromatic carbocycles. The summed E-state index contributed by atoms with van der Waals surface area (Å²) in [6.45, 7) is 2.27. The molecule has 1 heterocycles. The first-order chi connectivity index (χ1) is 8.93. The zero-order chi connectivity index (χ0) is 14.4. The third kappa shape index (κ3) is 4.74. The van der Waals surface area contributed by atoms with Gasteiger partial charge >= 0.3 is 18.0 Å². The second-order valence-corrected chi connectivity index (χ2v) is 4.23. The fourth-order valence-corrected chi connectivity index (χ4v) is 1.63. The van der Waals surface area contributed by atoms with E-state index in [-0.39, 0.29) is 13.0 Å². The smallest absolute Gasteiger partial charge is 0.325 e. The van der Waals surface area contributed by atoms with Crippen molar-refractivity contribution in [1.29, 1.82) is 0 Å². The first-order valence-corrected chi connectivity index (χ1v) is 5.90. The summed E-state index contributed by atoms with van der Waals surface area (Å²) in [6, 6.07) is -1.44. The van der Waals surface area contributed by atoms with Gasteiger partial charge in [-0.2, -0.15) is 0 Å². The van der Waals surface area contributed by atoms with E-state index < -0.39 is 30.1 Å². The van der Waals surface area contributed by atoms with Crippen molar-refractivity contribution < 1.29 is 29.0 Å². The summed E-state index contributed by atoms with van der Waals surface area (Å²) in [5.41, 5.74) is 0. The number of aliphatic carboxylic acids is 1. The second kappa shape index (κ2) is 6.93. The van der Waals surface area contributed by atoms with Crippen LogP contribution in [0.4, 0.5) is 4.79 Å². The van der Waals surface area contributed by atoms with Crippen molar-refractivity contribution in [2.24, 2.45) is 0 Å². The zero-order valence-corrected chi connectivity index (χ0v) is 10.9. The van der Waals surface area contributed by atoms with Gasteiger partial charge in [-0.1, -0.05) is 0 Å². The Bertz CT molecular complexity index is 359. The maximum Gasteiger partial charge on any atom is 0.325 e.